The first-order valence-corrected chi connectivity index (χ1v) is 7.71. The van der Waals surface area contributed by atoms with Crippen molar-refractivity contribution < 1.29 is 27.9 Å². The molecule has 3 N–H and O–H groups in total. The van der Waals surface area contributed by atoms with E-state index in [1.54, 1.807) is 30.4 Å². The maximum absolute atomic E-state index is 12.3. The van der Waals surface area contributed by atoms with Gasteiger partial charge in [0.05, 0.1) is 11.3 Å². The molecular formula is C18H16F3N3O3. The second-order valence-electron chi connectivity index (χ2n) is 5.64. The fraction of sp³-hybridized carbons (Fsp3) is 0.167. The number of rotatable bonds is 4. The van der Waals surface area contributed by atoms with Crippen LogP contribution in [0.15, 0.2) is 47.6 Å². The van der Waals surface area contributed by atoms with E-state index >= 15 is 0 Å². The summed E-state index contributed by atoms with van der Waals surface area (Å²) in [5.41, 5.74) is 3.46. The fourth-order valence-electron chi connectivity index (χ4n) is 2.13. The summed E-state index contributed by atoms with van der Waals surface area (Å²) in [4.78, 5) is 23.1. The molecule has 9 heteroatoms. The number of nitrogens with one attached hydrogen (secondary N) is 2. The summed E-state index contributed by atoms with van der Waals surface area (Å²) in [6.45, 7) is 3.17. The van der Waals surface area contributed by atoms with Gasteiger partial charge in [-0.05, 0) is 43.2 Å². The van der Waals surface area contributed by atoms with Gasteiger partial charge in [-0.15, -0.1) is 0 Å². The summed E-state index contributed by atoms with van der Waals surface area (Å²) in [5, 5.41) is 15.5. The van der Waals surface area contributed by atoms with Crippen molar-refractivity contribution >= 4 is 23.2 Å². The van der Waals surface area contributed by atoms with Crippen LogP contribution in [0.3, 0.4) is 0 Å². The Labute approximate surface area is 152 Å². The Bertz CT molecular complexity index is 908. The third-order valence-electron chi connectivity index (χ3n) is 3.60. The lowest BCUT2D eigenvalue weighted by Gasteiger charge is -2.09. The van der Waals surface area contributed by atoms with Crippen molar-refractivity contribution in [2.24, 2.45) is 5.10 Å². The molecule has 0 aliphatic heterocycles. The molecule has 2 aromatic carbocycles. The minimum absolute atomic E-state index is 0.0396. The predicted octanol–water partition coefficient (Wildman–Crippen LogP) is 3.36. The highest BCUT2D eigenvalue weighted by atomic mass is 19.4. The number of anilines is 1. The average molecular weight is 379 g/mol. The molecule has 142 valence electrons. The first kappa shape index (κ1) is 20.0. The van der Waals surface area contributed by atoms with Crippen LogP contribution >= 0.6 is 0 Å². The van der Waals surface area contributed by atoms with Gasteiger partial charge in [-0.25, -0.2) is 5.43 Å². The molecule has 0 aromatic heterocycles. The number of benzene rings is 2. The number of phenolic OH excluding ortho intramolecular Hbond substituents is 1. The second-order valence-corrected chi connectivity index (χ2v) is 5.64. The number of hydrogen-bond acceptors (Lipinski definition) is 4. The van der Waals surface area contributed by atoms with E-state index in [0.717, 1.165) is 0 Å². The Hall–Kier alpha value is -3.36. The monoisotopic (exact) mass is 379 g/mol. The Morgan fingerprint density at radius 2 is 1.78 bits per heavy atom. The molecule has 0 saturated heterocycles. The number of nitrogens with zero attached hydrogens (tertiary/aromatic N) is 1. The van der Waals surface area contributed by atoms with Crippen LogP contribution in [-0.4, -0.2) is 28.8 Å². The summed E-state index contributed by atoms with van der Waals surface area (Å²) in [7, 11) is 0. The highest BCUT2D eigenvalue weighted by molar-refractivity contribution is 6.03. The lowest BCUT2D eigenvalue weighted by molar-refractivity contribution is -0.167. The van der Waals surface area contributed by atoms with Crippen molar-refractivity contribution in [1.82, 2.24) is 5.43 Å². The standard InChI is InChI=1S/C18H16F3N3O3/c1-10-5-3-8-14(15(10)25)16(26)24-23-11(2)12-6-4-7-13(9-12)22-17(27)18(19,20)21/h3-9,25H,1-2H3,(H,22,27)(H,24,26)/b23-11+. The van der Waals surface area contributed by atoms with Crippen LogP contribution in [0.2, 0.25) is 0 Å². The number of phenols is 1. The molecule has 0 bridgehead atoms. The van der Waals surface area contributed by atoms with Crippen molar-refractivity contribution in [3.8, 4) is 5.75 Å². The van der Waals surface area contributed by atoms with Gasteiger partial charge >= 0.3 is 12.1 Å². The minimum Gasteiger partial charge on any atom is -0.507 e. The first-order chi connectivity index (χ1) is 12.6. The topological polar surface area (TPSA) is 90.8 Å². The SMILES string of the molecule is C/C(=N\NC(=O)c1cccc(C)c1O)c1cccc(NC(=O)C(F)(F)F)c1. The van der Waals surface area contributed by atoms with E-state index in [1.165, 1.54) is 31.2 Å². The molecule has 2 aromatic rings. The van der Waals surface area contributed by atoms with Crippen LogP contribution < -0.4 is 10.7 Å². The molecular weight excluding hydrogens is 363 g/mol. The largest absolute Gasteiger partial charge is 0.507 e. The average Bonchev–Trinajstić information content (AvgIpc) is 2.61. The number of amides is 2. The van der Waals surface area contributed by atoms with Crippen LogP contribution in [-0.2, 0) is 4.79 Å². The lowest BCUT2D eigenvalue weighted by atomic mass is 10.1. The first-order valence-electron chi connectivity index (χ1n) is 7.71. The molecule has 27 heavy (non-hydrogen) atoms. The Morgan fingerprint density at radius 1 is 1.11 bits per heavy atom. The van der Waals surface area contributed by atoms with Crippen LogP contribution in [0.1, 0.15) is 28.4 Å². The number of hydrogen-bond donors (Lipinski definition) is 3. The number of para-hydroxylation sites is 1. The van der Waals surface area contributed by atoms with Crippen LogP contribution in [0, 0.1) is 6.92 Å². The number of carbonyl (C=O) groups excluding carboxylic acids is 2. The van der Waals surface area contributed by atoms with E-state index in [2.05, 4.69) is 10.5 Å². The molecule has 0 unspecified atom stereocenters. The third-order valence-corrected chi connectivity index (χ3v) is 3.60. The van der Waals surface area contributed by atoms with Gasteiger partial charge in [0, 0.05) is 5.69 Å². The number of aryl methyl sites for hydroxylation is 1. The third kappa shape index (κ3) is 5.06. The molecule has 0 radical (unpaired) electrons. The van der Waals surface area contributed by atoms with E-state index in [0.29, 0.717) is 16.8 Å². The van der Waals surface area contributed by atoms with Crippen molar-refractivity contribution in [3.63, 3.8) is 0 Å². The molecule has 0 atom stereocenters. The van der Waals surface area contributed by atoms with Crippen LogP contribution in [0.4, 0.5) is 18.9 Å². The van der Waals surface area contributed by atoms with Gasteiger partial charge in [0.2, 0.25) is 0 Å². The number of hydrazone groups is 1. The molecule has 2 rings (SSSR count). The number of carbonyl (C=O) groups is 2. The van der Waals surface area contributed by atoms with Gasteiger partial charge < -0.3 is 10.4 Å². The van der Waals surface area contributed by atoms with Gasteiger partial charge in [-0.2, -0.15) is 18.3 Å². The highest BCUT2D eigenvalue weighted by Gasteiger charge is 2.38. The second kappa shape index (κ2) is 7.90. The summed E-state index contributed by atoms with van der Waals surface area (Å²) in [5.74, 6) is -2.89. The fourth-order valence-corrected chi connectivity index (χ4v) is 2.13. The zero-order valence-electron chi connectivity index (χ0n) is 14.4. The summed E-state index contributed by atoms with van der Waals surface area (Å²) in [6, 6.07) is 10.2. The van der Waals surface area contributed by atoms with Gasteiger partial charge in [0.15, 0.2) is 0 Å². The van der Waals surface area contributed by atoms with E-state index in [4.69, 9.17) is 0 Å². The van der Waals surface area contributed by atoms with E-state index in [1.807, 2.05) is 0 Å². The zero-order chi connectivity index (χ0) is 20.2. The summed E-state index contributed by atoms with van der Waals surface area (Å²) < 4.78 is 37.0. The van der Waals surface area contributed by atoms with Crippen LogP contribution in [0.25, 0.3) is 0 Å². The number of alkyl halides is 3. The van der Waals surface area contributed by atoms with Gasteiger partial charge in [0.25, 0.3) is 5.91 Å². The Morgan fingerprint density at radius 3 is 2.44 bits per heavy atom. The molecule has 0 aliphatic carbocycles. The Balaban J connectivity index is 2.14. The zero-order valence-corrected chi connectivity index (χ0v) is 14.4. The Kier molecular flexibility index (Phi) is 5.84. The van der Waals surface area contributed by atoms with Gasteiger partial charge in [-0.1, -0.05) is 24.3 Å². The van der Waals surface area contributed by atoms with Crippen LogP contribution in [0.5, 0.6) is 5.75 Å². The lowest BCUT2D eigenvalue weighted by Crippen LogP contribution is -2.29. The normalized spacial score (nSPS) is 11.8. The van der Waals surface area contributed by atoms with Gasteiger partial charge in [0.1, 0.15) is 5.75 Å². The molecule has 0 saturated carbocycles. The smallest absolute Gasteiger partial charge is 0.471 e. The summed E-state index contributed by atoms with van der Waals surface area (Å²) >= 11 is 0. The summed E-state index contributed by atoms with van der Waals surface area (Å²) in [6.07, 6.45) is -5.00. The van der Waals surface area contributed by atoms with E-state index in [9.17, 15) is 27.9 Å². The molecule has 0 heterocycles. The van der Waals surface area contributed by atoms with Crippen molar-refractivity contribution in [2.45, 2.75) is 20.0 Å². The molecule has 0 spiro atoms. The quantitative estimate of drug-likeness (QED) is 0.562. The van der Waals surface area contributed by atoms with E-state index in [-0.39, 0.29) is 17.0 Å². The molecule has 2 amide bonds. The highest BCUT2D eigenvalue weighted by Crippen LogP contribution is 2.21. The maximum atomic E-state index is 12.3. The van der Waals surface area contributed by atoms with E-state index < -0.39 is 18.0 Å². The minimum atomic E-state index is -5.00. The van der Waals surface area contributed by atoms with Crippen molar-refractivity contribution in [2.75, 3.05) is 5.32 Å². The predicted molar refractivity (Wildman–Crippen MR) is 93.6 cm³/mol. The number of aromatic hydroxyl groups is 1. The van der Waals surface area contributed by atoms with Crippen molar-refractivity contribution in [3.05, 3.63) is 59.2 Å². The maximum Gasteiger partial charge on any atom is 0.471 e. The number of halogens is 3. The molecule has 0 fully saturated rings. The molecule has 6 nitrogen and oxygen atoms in total. The van der Waals surface area contributed by atoms with Gasteiger partial charge in [-0.3, -0.25) is 9.59 Å². The molecule has 0 aliphatic rings. The van der Waals surface area contributed by atoms with Crippen molar-refractivity contribution in [1.29, 1.82) is 0 Å².